The number of fused-ring (bicyclic) bond motifs is 1. The van der Waals surface area contributed by atoms with Crippen LogP contribution in [0.4, 0.5) is 0 Å². The van der Waals surface area contributed by atoms with Gasteiger partial charge in [-0.2, -0.15) is 5.10 Å². The van der Waals surface area contributed by atoms with Gasteiger partial charge >= 0.3 is 5.97 Å². The fourth-order valence-corrected chi connectivity index (χ4v) is 4.31. The van der Waals surface area contributed by atoms with Crippen molar-refractivity contribution in [1.82, 2.24) is 5.43 Å². The third-order valence-corrected chi connectivity index (χ3v) is 6.35. The van der Waals surface area contributed by atoms with Crippen LogP contribution in [-0.4, -0.2) is 31.8 Å². The monoisotopic (exact) mass is 610 g/mol. The van der Waals surface area contributed by atoms with E-state index in [1.807, 2.05) is 36.4 Å². The second-order valence-electron chi connectivity index (χ2n) is 7.49. The number of hydrazone groups is 1. The molecule has 0 heterocycles. The maximum Gasteiger partial charge on any atom is 0.343 e. The van der Waals surface area contributed by atoms with Crippen LogP contribution in [0.1, 0.15) is 15.9 Å². The first kappa shape index (κ1) is 25.4. The van der Waals surface area contributed by atoms with Crippen LogP contribution in [0.15, 0.2) is 92.9 Å². The number of hydrogen-bond acceptors (Lipinski definition) is 6. The number of benzene rings is 4. The van der Waals surface area contributed by atoms with Gasteiger partial charge in [-0.15, -0.1) is 0 Å². The molecule has 0 atom stereocenters. The normalized spacial score (nSPS) is 10.9. The molecule has 0 aliphatic carbocycles. The van der Waals surface area contributed by atoms with Gasteiger partial charge in [0.2, 0.25) is 0 Å². The van der Waals surface area contributed by atoms with E-state index >= 15 is 0 Å². The summed E-state index contributed by atoms with van der Waals surface area (Å²) in [5, 5.41) is 6.02. The zero-order valence-electron chi connectivity index (χ0n) is 19.0. The highest BCUT2D eigenvalue weighted by atomic mass is 79.9. The van der Waals surface area contributed by atoms with E-state index < -0.39 is 11.9 Å². The van der Waals surface area contributed by atoms with Crippen LogP contribution >= 0.6 is 31.9 Å². The summed E-state index contributed by atoms with van der Waals surface area (Å²) in [6.45, 7) is -0.206. The van der Waals surface area contributed by atoms with Gasteiger partial charge in [-0.25, -0.2) is 10.2 Å². The van der Waals surface area contributed by atoms with Crippen LogP contribution in [0.3, 0.4) is 0 Å². The van der Waals surface area contributed by atoms with E-state index in [4.69, 9.17) is 14.2 Å². The largest absolute Gasteiger partial charge is 0.493 e. The lowest BCUT2D eigenvalue weighted by Crippen LogP contribution is -2.24. The molecule has 7 nitrogen and oxygen atoms in total. The third-order valence-electron chi connectivity index (χ3n) is 5.04. The molecule has 4 aromatic carbocycles. The average molecular weight is 612 g/mol. The fourth-order valence-electron chi connectivity index (χ4n) is 3.30. The van der Waals surface area contributed by atoms with E-state index in [-0.39, 0.29) is 12.4 Å². The minimum Gasteiger partial charge on any atom is -0.493 e. The van der Waals surface area contributed by atoms with Crippen LogP contribution in [-0.2, 0) is 4.79 Å². The van der Waals surface area contributed by atoms with E-state index in [0.717, 1.165) is 19.7 Å². The summed E-state index contributed by atoms with van der Waals surface area (Å²) in [6, 6.07) is 23.4. The Morgan fingerprint density at radius 1 is 0.917 bits per heavy atom. The summed E-state index contributed by atoms with van der Waals surface area (Å²) < 4.78 is 18.0. The molecule has 0 saturated heterocycles. The Hall–Kier alpha value is -3.69. The van der Waals surface area contributed by atoms with Gasteiger partial charge in [0.05, 0.1) is 23.4 Å². The molecule has 0 aromatic heterocycles. The Morgan fingerprint density at radius 3 is 2.53 bits per heavy atom. The van der Waals surface area contributed by atoms with Crippen LogP contribution in [0, 0.1) is 0 Å². The Bertz CT molecular complexity index is 1460. The molecule has 0 saturated carbocycles. The lowest BCUT2D eigenvalue weighted by atomic mass is 10.1. The van der Waals surface area contributed by atoms with E-state index in [0.29, 0.717) is 22.6 Å². The summed E-state index contributed by atoms with van der Waals surface area (Å²) in [4.78, 5) is 24.6. The lowest BCUT2D eigenvalue weighted by molar-refractivity contribution is -0.123. The summed E-state index contributed by atoms with van der Waals surface area (Å²) in [5.74, 6) is 0.237. The van der Waals surface area contributed by atoms with E-state index in [9.17, 15) is 9.59 Å². The number of carbonyl (C=O) groups excluding carboxylic acids is 2. The van der Waals surface area contributed by atoms with Crippen molar-refractivity contribution in [2.45, 2.75) is 0 Å². The van der Waals surface area contributed by atoms with Gasteiger partial charge in [-0.1, -0.05) is 52.3 Å². The highest BCUT2D eigenvalue weighted by Crippen LogP contribution is 2.33. The van der Waals surface area contributed by atoms with Gasteiger partial charge in [0.15, 0.2) is 18.1 Å². The average Bonchev–Trinajstić information content (AvgIpc) is 2.89. The SMILES string of the molecule is COc1cc(C=NNC(=O)COc2ccc3ccccc3c2Br)ccc1OC(=O)c1cccc(Br)c1. The molecular formula is C27H20Br2N2O5. The smallest absolute Gasteiger partial charge is 0.343 e. The maximum atomic E-state index is 12.4. The molecule has 0 spiro atoms. The number of rotatable bonds is 8. The molecular weight excluding hydrogens is 592 g/mol. The van der Waals surface area contributed by atoms with Crippen molar-refractivity contribution in [3.63, 3.8) is 0 Å². The first-order valence-corrected chi connectivity index (χ1v) is 12.3. The molecule has 0 radical (unpaired) electrons. The standard InChI is InChI=1S/C27H20Br2N2O5/c1-34-24-13-17(9-11-22(24)36-27(33)19-6-4-7-20(28)14-19)15-30-31-25(32)16-35-23-12-10-18-5-2-3-8-21(18)26(23)29/h2-15H,16H2,1H3,(H,31,32). The van der Waals surface area contributed by atoms with Crippen LogP contribution < -0.4 is 19.6 Å². The summed E-state index contributed by atoms with van der Waals surface area (Å²) in [7, 11) is 1.47. The predicted molar refractivity (Wildman–Crippen MR) is 145 cm³/mol. The number of nitrogens with one attached hydrogen (secondary N) is 1. The van der Waals surface area contributed by atoms with Crippen molar-refractivity contribution in [3.05, 3.63) is 98.9 Å². The Kier molecular flexibility index (Phi) is 8.35. The molecule has 1 amide bonds. The zero-order valence-corrected chi connectivity index (χ0v) is 22.2. The number of esters is 1. The van der Waals surface area contributed by atoms with Gasteiger partial charge in [0.1, 0.15) is 5.75 Å². The Labute approximate surface area is 224 Å². The molecule has 0 fully saturated rings. The maximum absolute atomic E-state index is 12.4. The number of carbonyl (C=O) groups is 2. The molecule has 0 bridgehead atoms. The summed E-state index contributed by atoms with van der Waals surface area (Å²) >= 11 is 6.87. The number of methoxy groups -OCH3 is 1. The van der Waals surface area contributed by atoms with Crippen molar-refractivity contribution < 1.29 is 23.8 Å². The minimum atomic E-state index is -0.513. The van der Waals surface area contributed by atoms with Crippen molar-refractivity contribution in [2.75, 3.05) is 13.7 Å². The molecule has 182 valence electrons. The predicted octanol–water partition coefficient (Wildman–Crippen LogP) is 6.12. The molecule has 4 rings (SSSR count). The Balaban J connectivity index is 1.34. The molecule has 4 aromatic rings. The van der Waals surface area contributed by atoms with Crippen LogP contribution in [0.25, 0.3) is 10.8 Å². The number of halogens is 2. The topological polar surface area (TPSA) is 86.2 Å². The molecule has 9 heteroatoms. The second-order valence-corrected chi connectivity index (χ2v) is 9.20. The molecule has 0 aliphatic rings. The molecule has 0 aliphatic heterocycles. The number of ether oxygens (including phenoxy) is 3. The van der Waals surface area contributed by atoms with Gasteiger partial charge < -0.3 is 14.2 Å². The fraction of sp³-hybridized carbons (Fsp3) is 0.0741. The quantitative estimate of drug-likeness (QED) is 0.112. The van der Waals surface area contributed by atoms with Gasteiger partial charge in [0, 0.05) is 4.47 Å². The van der Waals surface area contributed by atoms with Crippen molar-refractivity contribution >= 4 is 60.7 Å². The molecule has 1 N–H and O–H groups in total. The van der Waals surface area contributed by atoms with Crippen molar-refractivity contribution in [2.24, 2.45) is 5.10 Å². The number of nitrogens with zero attached hydrogens (tertiary/aromatic N) is 1. The lowest BCUT2D eigenvalue weighted by Gasteiger charge is -2.10. The summed E-state index contributed by atoms with van der Waals surface area (Å²) in [5.41, 5.74) is 3.46. The minimum absolute atomic E-state index is 0.206. The van der Waals surface area contributed by atoms with Gasteiger partial charge in [-0.05, 0) is 74.7 Å². The van der Waals surface area contributed by atoms with E-state index in [1.165, 1.54) is 13.3 Å². The summed E-state index contributed by atoms with van der Waals surface area (Å²) in [6.07, 6.45) is 1.45. The van der Waals surface area contributed by atoms with E-state index in [2.05, 4.69) is 42.4 Å². The second kappa shape index (κ2) is 11.8. The first-order chi connectivity index (χ1) is 17.4. The number of amides is 1. The first-order valence-electron chi connectivity index (χ1n) is 10.7. The highest BCUT2D eigenvalue weighted by Gasteiger charge is 2.13. The third kappa shape index (κ3) is 6.30. The van der Waals surface area contributed by atoms with Crippen molar-refractivity contribution in [3.8, 4) is 17.2 Å². The zero-order chi connectivity index (χ0) is 25.5. The molecule has 36 heavy (non-hydrogen) atoms. The Morgan fingerprint density at radius 2 is 1.72 bits per heavy atom. The highest BCUT2D eigenvalue weighted by molar-refractivity contribution is 9.11. The number of hydrogen-bond donors (Lipinski definition) is 1. The van der Waals surface area contributed by atoms with Crippen molar-refractivity contribution in [1.29, 1.82) is 0 Å². The van der Waals surface area contributed by atoms with Crippen LogP contribution in [0.5, 0.6) is 17.2 Å². The molecule has 0 unspecified atom stereocenters. The van der Waals surface area contributed by atoms with Gasteiger partial charge in [0.25, 0.3) is 5.91 Å². The van der Waals surface area contributed by atoms with E-state index in [1.54, 1.807) is 42.5 Å². The van der Waals surface area contributed by atoms with Gasteiger partial charge in [-0.3, -0.25) is 4.79 Å². The van der Waals surface area contributed by atoms with Crippen LogP contribution in [0.2, 0.25) is 0 Å².